The number of benzene rings is 1. The summed E-state index contributed by atoms with van der Waals surface area (Å²) < 4.78 is 0. The van der Waals surface area contributed by atoms with Crippen LogP contribution in [0.1, 0.15) is 99.3 Å². The van der Waals surface area contributed by atoms with Gasteiger partial charge in [-0.1, -0.05) is 62.3 Å². The van der Waals surface area contributed by atoms with E-state index >= 15 is 0 Å². The fraction of sp³-hybridized carbons (Fsp3) is 0.696. The Morgan fingerprint density at radius 2 is 1.20 bits per heavy atom. The molecule has 0 aromatic heterocycles. The largest absolute Gasteiger partial charge is 0.507 e. The fourth-order valence-electron chi connectivity index (χ4n) is 3.47. The van der Waals surface area contributed by atoms with Crippen LogP contribution in [-0.2, 0) is 10.8 Å². The average molecular weight is 346 g/mol. The number of aliphatic imine (C=N–C) groups is 1. The molecular weight excluding hydrogens is 306 g/mol. The van der Waals surface area contributed by atoms with Crippen molar-refractivity contribution in [1.82, 2.24) is 0 Å². The molecule has 1 aromatic rings. The summed E-state index contributed by atoms with van der Waals surface area (Å²) in [4.78, 5) is 4.88. The summed E-state index contributed by atoms with van der Waals surface area (Å²) in [5, 5.41) is 10.8. The molecule has 0 aliphatic rings. The summed E-state index contributed by atoms with van der Waals surface area (Å²) in [7, 11) is 0. The Balaban J connectivity index is 3.40. The highest BCUT2D eigenvalue weighted by molar-refractivity contribution is 5.81. The highest BCUT2D eigenvalue weighted by Crippen LogP contribution is 2.39. The van der Waals surface area contributed by atoms with E-state index in [-0.39, 0.29) is 21.8 Å². The van der Waals surface area contributed by atoms with Crippen LogP contribution in [0.25, 0.3) is 0 Å². The maximum Gasteiger partial charge on any atom is 0.123 e. The monoisotopic (exact) mass is 345 g/mol. The SMILES string of the molecule is CC(C)(C)CC(C)(C)/N=C\c1cc(C(C)(C)C)c(O)c(C(C)(C)C)c1. The standard InChI is InChI=1S/C23H39NO/c1-20(2,3)15-23(10,11)24-14-16-12-17(21(4,5)6)19(25)18(13-16)22(7,8)9/h12-14,25H,15H2,1-11H3/b24-14-. The van der Waals surface area contributed by atoms with Crippen LogP contribution in [-0.4, -0.2) is 16.9 Å². The number of phenols is 1. The zero-order chi connectivity index (χ0) is 19.8. The molecule has 0 spiro atoms. The molecule has 0 unspecified atom stereocenters. The fourth-order valence-corrected chi connectivity index (χ4v) is 3.47. The lowest BCUT2D eigenvalue weighted by atomic mass is 9.78. The van der Waals surface area contributed by atoms with E-state index < -0.39 is 0 Å². The second-order valence-corrected chi connectivity index (χ2v) is 11.3. The summed E-state index contributed by atoms with van der Waals surface area (Å²) in [6.07, 6.45) is 3.00. The van der Waals surface area contributed by atoms with Crippen LogP contribution >= 0.6 is 0 Å². The number of rotatable bonds is 3. The van der Waals surface area contributed by atoms with Crippen molar-refractivity contribution >= 4 is 6.21 Å². The van der Waals surface area contributed by atoms with E-state index in [9.17, 15) is 5.11 Å². The predicted molar refractivity (Wildman–Crippen MR) is 111 cm³/mol. The van der Waals surface area contributed by atoms with Gasteiger partial charge >= 0.3 is 0 Å². The summed E-state index contributed by atoms with van der Waals surface area (Å²) >= 11 is 0. The Hall–Kier alpha value is -1.31. The van der Waals surface area contributed by atoms with Gasteiger partial charge in [-0.25, -0.2) is 0 Å². The number of hydrogen-bond acceptors (Lipinski definition) is 2. The summed E-state index contributed by atoms with van der Waals surface area (Å²) in [5.41, 5.74) is 2.92. The molecule has 1 N–H and O–H groups in total. The number of aromatic hydroxyl groups is 1. The Bertz CT molecular complexity index is 597. The molecule has 0 heterocycles. The van der Waals surface area contributed by atoms with Gasteiger partial charge < -0.3 is 5.11 Å². The van der Waals surface area contributed by atoms with E-state index in [1.807, 2.05) is 6.21 Å². The van der Waals surface area contributed by atoms with Gasteiger partial charge in [0, 0.05) is 17.3 Å². The minimum Gasteiger partial charge on any atom is -0.507 e. The van der Waals surface area contributed by atoms with E-state index in [0.29, 0.717) is 5.75 Å². The molecule has 0 bridgehead atoms. The molecule has 0 saturated heterocycles. The van der Waals surface area contributed by atoms with E-state index in [1.165, 1.54) is 0 Å². The van der Waals surface area contributed by atoms with E-state index in [1.54, 1.807) is 0 Å². The highest BCUT2D eigenvalue weighted by atomic mass is 16.3. The lowest BCUT2D eigenvalue weighted by molar-refractivity contribution is 0.289. The van der Waals surface area contributed by atoms with Gasteiger partial charge in [0.1, 0.15) is 5.75 Å². The summed E-state index contributed by atoms with van der Waals surface area (Å²) in [5.74, 6) is 0.422. The molecule has 1 rings (SSSR count). The van der Waals surface area contributed by atoms with Crippen LogP contribution in [0.15, 0.2) is 17.1 Å². The molecule has 0 aliphatic heterocycles. The highest BCUT2D eigenvalue weighted by Gasteiger charge is 2.27. The first-order valence-electron chi connectivity index (χ1n) is 9.36. The Kier molecular flexibility index (Phi) is 5.89. The molecule has 0 atom stereocenters. The van der Waals surface area contributed by atoms with Crippen LogP contribution in [0.4, 0.5) is 0 Å². The molecule has 1 aromatic carbocycles. The first-order chi connectivity index (χ1) is 10.9. The quantitative estimate of drug-likeness (QED) is 0.613. The van der Waals surface area contributed by atoms with Gasteiger partial charge in [-0.15, -0.1) is 0 Å². The normalized spacial score (nSPS) is 14.4. The summed E-state index contributed by atoms with van der Waals surface area (Å²) in [6.45, 7) is 23.9. The van der Waals surface area contributed by atoms with Crippen molar-refractivity contribution < 1.29 is 5.11 Å². The van der Waals surface area contributed by atoms with Crippen molar-refractivity contribution in [3.8, 4) is 5.75 Å². The maximum atomic E-state index is 10.8. The lowest BCUT2D eigenvalue weighted by Gasteiger charge is -2.29. The molecule has 2 nitrogen and oxygen atoms in total. The topological polar surface area (TPSA) is 32.6 Å². The van der Waals surface area contributed by atoms with Gasteiger partial charge in [-0.05, 0) is 54.2 Å². The Labute approximate surface area is 155 Å². The maximum absolute atomic E-state index is 10.8. The molecule has 0 radical (unpaired) electrons. The van der Waals surface area contributed by atoms with Crippen molar-refractivity contribution in [2.75, 3.05) is 0 Å². The van der Waals surface area contributed by atoms with Crippen LogP contribution in [0.3, 0.4) is 0 Å². The third-order valence-electron chi connectivity index (χ3n) is 4.27. The molecule has 25 heavy (non-hydrogen) atoms. The third kappa shape index (κ3) is 6.49. The lowest BCUT2D eigenvalue weighted by Crippen LogP contribution is -2.25. The van der Waals surface area contributed by atoms with Crippen LogP contribution in [0.2, 0.25) is 0 Å². The first kappa shape index (κ1) is 21.7. The van der Waals surface area contributed by atoms with Crippen molar-refractivity contribution in [2.24, 2.45) is 10.4 Å². The minimum atomic E-state index is -0.116. The molecular formula is C23H39NO. The molecule has 0 aliphatic carbocycles. The number of hydrogen-bond donors (Lipinski definition) is 1. The van der Waals surface area contributed by atoms with Gasteiger partial charge in [0.05, 0.1) is 5.54 Å². The number of nitrogens with zero attached hydrogens (tertiary/aromatic N) is 1. The van der Waals surface area contributed by atoms with Gasteiger partial charge in [0.2, 0.25) is 0 Å². The third-order valence-corrected chi connectivity index (χ3v) is 4.27. The van der Waals surface area contributed by atoms with Crippen LogP contribution in [0.5, 0.6) is 5.75 Å². The van der Waals surface area contributed by atoms with E-state index in [0.717, 1.165) is 23.1 Å². The first-order valence-corrected chi connectivity index (χ1v) is 9.36. The van der Waals surface area contributed by atoms with E-state index in [4.69, 9.17) is 4.99 Å². The molecule has 0 saturated carbocycles. The van der Waals surface area contributed by atoms with Crippen molar-refractivity contribution in [3.63, 3.8) is 0 Å². The number of phenolic OH excluding ortho intramolecular Hbond substituents is 1. The molecule has 2 heteroatoms. The van der Waals surface area contributed by atoms with Crippen molar-refractivity contribution in [2.45, 2.75) is 99.0 Å². The second-order valence-electron chi connectivity index (χ2n) is 11.3. The van der Waals surface area contributed by atoms with Gasteiger partial charge in [-0.2, -0.15) is 0 Å². The summed E-state index contributed by atoms with van der Waals surface area (Å²) in [6, 6.07) is 4.17. The van der Waals surface area contributed by atoms with Crippen molar-refractivity contribution in [1.29, 1.82) is 0 Å². The predicted octanol–water partition coefficient (Wildman–Crippen LogP) is 6.62. The van der Waals surface area contributed by atoms with Gasteiger partial charge in [-0.3, -0.25) is 4.99 Å². The Morgan fingerprint density at radius 1 is 0.800 bits per heavy atom. The minimum absolute atomic E-state index is 0.111. The molecule has 0 fully saturated rings. The second kappa shape index (κ2) is 6.78. The molecule has 142 valence electrons. The molecule has 0 amide bonds. The van der Waals surface area contributed by atoms with Crippen LogP contribution in [0, 0.1) is 5.41 Å². The average Bonchev–Trinajstić information content (AvgIpc) is 2.31. The van der Waals surface area contributed by atoms with Gasteiger partial charge in [0.25, 0.3) is 0 Å². The smallest absolute Gasteiger partial charge is 0.123 e. The van der Waals surface area contributed by atoms with Crippen molar-refractivity contribution in [3.05, 3.63) is 28.8 Å². The van der Waals surface area contributed by atoms with Crippen LogP contribution < -0.4 is 0 Å². The Morgan fingerprint density at radius 3 is 1.52 bits per heavy atom. The zero-order valence-corrected chi connectivity index (χ0v) is 18.3. The van der Waals surface area contributed by atoms with Gasteiger partial charge in [0.15, 0.2) is 0 Å². The zero-order valence-electron chi connectivity index (χ0n) is 18.3. The van der Waals surface area contributed by atoms with E-state index in [2.05, 4.69) is 88.3 Å².